The van der Waals surface area contributed by atoms with E-state index in [0.29, 0.717) is 5.11 Å². The maximum absolute atomic E-state index is 5.26. The van der Waals surface area contributed by atoms with Crippen molar-refractivity contribution in [3.63, 3.8) is 0 Å². The van der Waals surface area contributed by atoms with Crippen molar-refractivity contribution in [3.05, 3.63) is 60.4 Å². The molecule has 0 saturated carbocycles. The lowest BCUT2D eigenvalue weighted by molar-refractivity contribution is 0.722. The summed E-state index contributed by atoms with van der Waals surface area (Å²) in [6, 6.07) is 14.1. The van der Waals surface area contributed by atoms with Crippen LogP contribution < -0.4 is 10.6 Å². The van der Waals surface area contributed by atoms with Gasteiger partial charge in [0.1, 0.15) is 0 Å². The third kappa shape index (κ3) is 3.53. The first kappa shape index (κ1) is 12.5. The molecule has 92 valence electrons. The van der Waals surface area contributed by atoms with Crippen molar-refractivity contribution in [2.24, 2.45) is 0 Å². The van der Waals surface area contributed by atoms with Crippen molar-refractivity contribution in [2.75, 3.05) is 5.32 Å². The Balaban J connectivity index is 1.92. The number of thiocarbonyl (C=S) groups is 1. The second kappa shape index (κ2) is 6.12. The van der Waals surface area contributed by atoms with Gasteiger partial charge in [0.15, 0.2) is 5.11 Å². The van der Waals surface area contributed by atoms with Gasteiger partial charge in [-0.25, -0.2) is 0 Å². The van der Waals surface area contributed by atoms with Crippen LogP contribution in [0.3, 0.4) is 0 Å². The SMILES string of the molecule is CC(NC(=S)Nc1cccnc1)c1ccccc1. The summed E-state index contributed by atoms with van der Waals surface area (Å²) in [5.41, 5.74) is 2.09. The van der Waals surface area contributed by atoms with Crippen LogP contribution in [0.2, 0.25) is 0 Å². The van der Waals surface area contributed by atoms with Gasteiger partial charge in [-0.3, -0.25) is 4.98 Å². The van der Waals surface area contributed by atoms with Crippen molar-refractivity contribution in [1.29, 1.82) is 0 Å². The number of pyridine rings is 1. The molecular weight excluding hydrogens is 242 g/mol. The van der Waals surface area contributed by atoms with Crippen LogP contribution in [0, 0.1) is 0 Å². The monoisotopic (exact) mass is 257 g/mol. The molecule has 0 radical (unpaired) electrons. The number of aromatic nitrogens is 1. The summed E-state index contributed by atoms with van der Waals surface area (Å²) in [6.07, 6.45) is 3.47. The average molecular weight is 257 g/mol. The fraction of sp³-hybridized carbons (Fsp3) is 0.143. The molecule has 2 aromatic rings. The summed E-state index contributed by atoms with van der Waals surface area (Å²) in [5.74, 6) is 0. The van der Waals surface area contributed by atoms with Gasteiger partial charge in [-0.05, 0) is 36.8 Å². The Morgan fingerprint density at radius 3 is 2.61 bits per heavy atom. The van der Waals surface area contributed by atoms with Gasteiger partial charge in [0.2, 0.25) is 0 Å². The highest BCUT2D eigenvalue weighted by atomic mass is 32.1. The second-order valence-electron chi connectivity index (χ2n) is 3.97. The molecule has 3 nitrogen and oxygen atoms in total. The normalized spacial score (nSPS) is 11.6. The van der Waals surface area contributed by atoms with Crippen molar-refractivity contribution in [1.82, 2.24) is 10.3 Å². The minimum Gasteiger partial charge on any atom is -0.356 e. The second-order valence-corrected chi connectivity index (χ2v) is 4.38. The summed E-state index contributed by atoms with van der Waals surface area (Å²) < 4.78 is 0. The highest BCUT2D eigenvalue weighted by molar-refractivity contribution is 7.80. The summed E-state index contributed by atoms with van der Waals surface area (Å²) in [7, 11) is 0. The van der Waals surface area contributed by atoms with E-state index in [1.165, 1.54) is 5.56 Å². The molecular formula is C14H15N3S. The molecule has 0 saturated heterocycles. The number of nitrogens with one attached hydrogen (secondary N) is 2. The van der Waals surface area contributed by atoms with Crippen LogP contribution in [0.4, 0.5) is 5.69 Å². The highest BCUT2D eigenvalue weighted by Crippen LogP contribution is 2.11. The smallest absolute Gasteiger partial charge is 0.171 e. The van der Waals surface area contributed by atoms with Crippen molar-refractivity contribution in [3.8, 4) is 0 Å². The molecule has 1 aromatic carbocycles. The number of hydrogen-bond acceptors (Lipinski definition) is 2. The zero-order chi connectivity index (χ0) is 12.8. The average Bonchev–Trinajstić information content (AvgIpc) is 2.40. The van der Waals surface area contributed by atoms with Crippen LogP contribution in [0.1, 0.15) is 18.5 Å². The van der Waals surface area contributed by atoms with Gasteiger partial charge in [0, 0.05) is 6.20 Å². The summed E-state index contributed by atoms with van der Waals surface area (Å²) in [5, 5.41) is 6.93. The van der Waals surface area contributed by atoms with E-state index in [1.807, 2.05) is 30.3 Å². The molecule has 4 heteroatoms. The van der Waals surface area contributed by atoms with Gasteiger partial charge in [0.05, 0.1) is 17.9 Å². The largest absolute Gasteiger partial charge is 0.356 e. The summed E-state index contributed by atoms with van der Waals surface area (Å²) in [4.78, 5) is 4.03. The van der Waals surface area contributed by atoms with E-state index in [0.717, 1.165) is 5.69 Å². The van der Waals surface area contributed by atoms with E-state index in [-0.39, 0.29) is 6.04 Å². The molecule has 18 heavy (non-hydrogen) atoms. The molecule has 1 unspecified atom stereocenters. The van der Waals surface area contributed by atoms with Gasteiger partial charge >= 0.3 is 0 Å². The van der Waals surface area contributed by atoms with Gasteiger partial charge in [-0.15, -0.1) is 0 Å². The van der Waals surface area contributed by atoms with Crippen LogP contribution in [-0.2, 0) is 0 Å². The van der Waals surface area contributed by atoms with Gasteiger partial charge in [-0.1, -0.05) is 30.3 Å². The van der Waals surface area contributed by atoms with Crippen LogP contribution in [0.5, 0.6) is 0 Å². The highest BCUT2D eigenvalue weighted by Gasteiger charge is 2.06. The zero-order valence-electron chi connectivity index (χ0n) is 10.1. The lowest BCUT2D eigenvalue weighted by atomic mass is 10.1. The van der Waals surface area contributed by atoms with Crippen molar-refractivity contribution in [2.45, 2.75) is 13.0 Å². The molecule has 0 aliphatic rings. The molecule has 0 fully saturated rings. The fourth-order valence-electron chi connectivity index (χ4n) is 1.63. The minimum absolute atomic E-state index is 0.169. The lowest BCUT2D eigenvalue weighted by Crippen LogP contribution is -2.30. The van der Waals surface area contributed by atoms with Crippen molar-refractivity contribution >= 4 is 23.0 Å². The fourth-order valence-corrected chi connectivity index (χ4v) is 1.92. The van der Waals surface area contributed by atoms with E-state index in [1.54, 1.807) is 12.4 Å². The maximum Gasteiger partial charge on any atom is 0.171 e. The maximum atomic E-state index is 5.26. The first-order valence-corrected chi connectivity index (χ1v) is 6.19. The number of hydrogen-bond donors (Lipinski definition) is 2. The third-order valence-corrected chi connectivity index (χ3v) is 2.79. The van der Waals surface area contributed by atoms with Crippen molar-refractivity contribution < 1.29 is 0 Å². The zero-order valence-corrected chi connectivity index (χ0v) is 10.9. The molecule has 2 rings (SSSR count). The Labute approximate surface area is 112 Å². The number of nitrogens with zero attached hydrogens (tertiary/aromatic N) is 1. The number of rotatable bonds is 3. The molecule has 0 spiro atoms. The first-order chi connectivity index (χ1) is 8.75. The minimum atomic E-state index is 0.169. The Hall–Kier alpha value is -1.94. The standard InChI is InChI=1S/C14H15N3S/c1-11(12-6-3-2-4-7-12)16-14(18)17-13-8-5-9-15-10-13/h2-11H,1H3,(H2,16,17,18). The lowest BCUT2D eigenvalue weighted by Gasteiger charge is -2.17. The molecule has 2 N–H and O–H groups in total. The van der Waals surface area contributed by atoms with Gasteiger partial charge in [0.25, 0.3) is 0 Å². The van der Waals surface area contributed by atoms with Crippen LogP contribution >= 0.6 is 12.2 Å². The third-order valence-electron chi connectivity index (χ3n) is 2.57. The topological polar surface area (TPSA) is 37.0 Å². The molecule has 0 aliphatic heterocycles. The quantitative estimate of drug-likeness (QED) is 0.828. The Kier molecular flexibility index (Phi) is 4.25. The van der Waals surface area contributed by atoms with E-state index in [2.05, 4.69) is 34.7 Å². The molecule has 1 aromatic heterocycles. The van der Waals surface area contributed by atoms with E-state index in [9.17, 15) is 0 Å². The Morgan fingerprint density at radius 2 is 1.94 bits per heavy atom. The first-order valence-electron chi connectivity index (χ1n) is 5.78. The summed E-state index contributed by atoms with van der Waals surface area (Å²) >= 11 is 5.26. The van der Waals surface area contributed by atoms with E-state index >= 15 is 0 Å². The molecule has 1 heterocycles. The Morgan fingerprint density at radius 1 is 1.17 bits per heavy atom. The predicted octanol–water partition coefficient (Wildman–Crippen LogP) is 3.13. The van der Waals surface area contributed by atoms with E-state index < -0.39 is 0 Å². The molecule has 0 aliphatic carbocycles. The Bertz CT molecular complexity index is 499. The van der Waals surface area contributed by atoms with Crippen LogP contribution in [-0.4, -0.2) is 10.1 Å². The van der Waals surface area contributed by atoms with Gasteiger partial charge < -0.3 is 10.6 Å². The van der Waals surface area contributed by atoms with Crippen LogP contribution in [0.15, 0.2) is 54.9 Å². The summed E-state index contributed by atoms with van der Waals surface area (Å²) in [6.45, 7) is 2.08. The number of anilines is 1. The van der Waals surface area contributed by atoms with E-state index in [4.69, 9.17) is 12.2 Å². The number of benzene rings is 1. The van der Waals surface area contributed by atoms with Gasteiger partial charge in [-0.2, -0.15) is 0 Å². The van der Waals surface area contributed by atoms with Crippen LogP contribution in [0.25, 0.3) is 0 Å². The molecule has 0 amide bonds. The predicted molar refractivity (Wildman–Crippen MR) is 78.5 cm³/mol. The molecule has 0 bridgehead atoms. The molecule has 1 atom stereocenters.